The standard InChI is InChI=1S/C23H37N2O11PS3/c1-7-16-17(10-18(35-16)25-11-15(4)19(26)24-22(25)29)36-37(38,30-5)34-13-23(20(27)32-8-2,21(28)33-9-3)12-31-14-40-39-6/h11,16-18H,7-10,12-14H2,1-6H3,(H,24,26,29)/t16?,17-,18-,37?/m1/s1. The van der Waals surface area contributed by atoms with E-state index in [1.54, 1.807) is 20.8 Å². The molecule has 2 heterocycles. The summed E-state index contributed by atoms with van der Waals surface area (Å²) in [5.41, 5.74) is -2.73. The van der Waals surface area contributed by atoms with Crippen molar-refractivity contribution in [1.29, 1.82) is 0 Å². The minimum absolute atomic E-state index is 0.0110. The first kappa shape index (κ1) is 35.0. The molecule has 1 fully saturated rings. The highest BCUT2D eigenvalue weighted by atomic mass is 33.1. The molecule has 1 saturated heterocycles. The van der Waals surface area contributed by atoms with Crippen molar-refractivity contribution in [3.05, 3.63) is 32.6 Å². The number of esters is 2. The van der Waals surface area contributed by atoms with Gasteiger partial charge in [0.05, 0.1) is 38.6 Å². The van der Waals surface area contributed by atoms with E-state index < -0.39 is 60.4 Å². The molecule has 0 bridgehead atoms. The van der Waals surface area contributed by atoms with Gasteiger partial charge in [-0.05, 0) is 45.3 Å². The first-order valence-electron chi connectivity index (χ1n) is 12.5. The number of hydrogen-bond acceptors (Lipinski definition) is 14. The highest BCUT2D eigenvalue weighted by Crippen LogP contribution is 2.54. The molecule has 40 heavy (non-hydrogen) atoms. The lowest BCUT2D eigenvalue weighted by Crippen LogP contribution is -2.49. The number of H-pyrrole nitrogens is 1. The molecule has 17 heteroatoms. The number of rotatable bonds is 17. The molecule has 1 aliphatic rings. The fourth-order valence-corrected chi connectivity index (χ4v) is 6.24. The van der Waals surface area contributed by atoms with Crippen molar-refractivity contribution < 1.29 is 42.1 Å². The van der Waals surface area contributed by atoms with Crippen molar-refractivity contribution in [2.24, 2.45) is 5.41 Å². The monoisotopic (exact) mass is 644 g/mol. The highest BCUT2D eigenvalue weighted by Gasteiger charge is 2.52. The summed E-state index contributed by atoms with van der Waals surface area (Å²) < 4.78 is 40.8. The smallest absolute Gasteiger partial charge is 0.330 e. The summed E-state index contributed by atoms with van der Waals surface area (Å²) in [5.74, 6) is -1.58. The van der Waals surface area contributed by atoms with E-state index in [0.29, 0.717) is 12.0 Å². The van der Waals surface area contributed by atoms with Gasteiger partial charge in [-0.25, -0.2) is 4.79 Å². The highest BCUT2D eigenvalue weighted by molar-refractivity contribution is 8.76. The Bertz CT molecular complexity index is 1140. The fourth-order valence-electron chi connectivity index (χ4n) is 3.82. The number of nitrogens with zero attached hydrogens (tertiary/aromatic N) is 1. The Morgan fingerprint density at radius 3 is 2.40 bits per heavy atom. The number of carbonyl (C=O) groups excluding carboxylic acids is 2. The number of nitrogens with one attached hydrogen (secondary N) is 1. The quantitative estimate of drug-likeness (QED) is 0.0660. The lowest BCUT2D eigenvalue weighted by molar-refractivity contribution is -0.179. The van der Waals surface area contributed by atoms with E-state index in [9.17, 15) is 19.2 Å². The maximum atomic E-state index is 13.1. The average molecular weight is 645 g/mol. The van der Waals surface area contributed by atoms with Crippen molar-refractivity contribution in [2.75, 3.05) is 45.7 Å². The molecule has 2 unspecified atom stereocenters. The molecular formula is C23H37N2O11PS3. The van der Waals surface area contributed by atoms with Gasteiger partial charge in [-0.15, -0.1) is 0 Å². The van der Waals surface area contributed by atoms with Gasteiger partial charge in [0.15, 0.2) is 0 Å². The lowest BCUT2D eigenvalue weighted by Gasteiger charge is -2.32. The van der Waals surface area contributed by atoms with Gasteiger partial charge >= 0.3 is 24.3 Å². The van der Waals surface area contributed by atoms with Crippen LogP contribution in [-0.2, 0) is 53.9 Å². The molecule has 2 rings (SSSR count). The summed E-state index contributed by atoms with van der Waals surface area (Å²) in [6.07, 6.45) is 2.11. The normalized spacial score (nSPS) is 20.7. The zero-order valence-corrected chi connectivity index (χ0v) is 26.7. The summed E-state index contributed by atoms with van der Waals surface area (Å²) in [7, 11) is 4.14. The molecule has 0 spiro atoms. The van der Waals surface area contributed by atoms with Gasteiger partial charge in [0.1, 0.15) is 12.2 Å². The van der Waals surface area contributed by atoms with Gasteiger partial charge in [0.25, 0.3) is 5.56 Å². The topological polar surface area (TPSA) is 154 Å². The van der Waals surface area contributed by atoms with Gasteiger partial charge in [0.2, 0.25) is 5.41 Å². The predicted molar refractivity (Wildman–Crippen MR) is 155 cm³/mol. The van der Waals surface area contributed by atoms with Crippen molar-refractivity contribution >= 4 is 52.1 Å². The second kappa shape index (κ2) is 16.4. The van der Waals surface area contributed by atoms with E-state index in [4.69, 9.17) is 44.3 Å². The summed E-state index contributed by atoms with van der Waals surface area (Å²) in [4.78, 5) is 52.7. The third-order valence-electron chi connectivity index (χ3n) is 5.93. The van der Waals surface area contributed by atoms with Crippen LogP contribution in [0.3, 0.4) is 0 Å². The van der Waals surface area contributed by atoms with Crippen LogP contribution in [0.4, 0.5) is 0 Å². The van der Waals surface area contributed by atoms with Crippen molar-refractivity contribution in [3.8, 4) is 0 Å². The number of carbonyl (C=O) groups is 2. The minimum Gasteiger partial charge on any atom is -0.465 e. The third-order valence-corrected chi connectivity index (χ3v) is 9.86. The van der Waals surface area contributed by atoms with E-state index in [0.717, 1.165) is 0 Å². The number of ether oxygens (including phenoxy) is 4. The predicted octanol–water partition coefficient (Wildman–Crippen LogP) is 2.91. The molecule has 0 radical (unpaired) electrons. The van der Waals surface area contributed by atoms with Crippen LogP contribution in [0.15, 0.2) is 15.8 Å². The van der Waals surface area contributed by atoms with Gasteiger partial charge in [-0.1, -0.05) is 28.5 Å². The second-order valence-corrected chi connectivity index (χ2v) is 14.2. The Labute approximate surface area is 245 Å². The SMILES string of the molecule is CCOC(=O)C(COCSSC)(COP(=S)(OC)O[C@@H]1C[C@H](n2cc(C)c(=O)[nH]c2=O)OC1CC)C(=O)OCC. The number of aromatic amines is 1. The number of hydrogen-bond donors (Lipinski definition) is 1. The van der Waals surface area contributed by atoms with Crippen LogP contribution in [-0.4, -0.2) is 79.4 Å². The van der Waals surface area contributed by atoms with Gasteiger partial charge < -0.3 is 32.5 Å². The van der Waals surface area contributed by atoms with Crippen molar-refractivity contribution in [2.45, 2.75) is 59.0 Å². The average Bonchev–Trinajstić information content (AvgIpc) is 3.32. The molecule has 1 aromatic rings. The molecular weight excluding hydrogens is 607 g/mol. The molecule has 13 nitrogen and oxygen atoms in total. The van der Waals surface area contributed by atoms with Crippen LogP contribution in [0.1, 0.15) is 45.4 Å². The zero-order valence-electron chi connectivity index (χ0n) is 23.4. The Hall–Kier alpha value is -1.23. The molecule has 0 saturated carbocycles. The van der Waals surface area contributed by atoms with E-state index in [2.05, 4.69) is 4.98 Å². The fraction of sp³-hybridized carbons (Fsp3) is 0.739. The van der Waals surface area contributed by atoms with Gasteiger partial charge in [-0.2, -0.15) is 0 Å². The van der Waals surface area contributed by atoms with Crippen LogP contribution in [0.2, 0.25) is 0 Å². The Morgan fingerprint density at radius 2 is 1.85 bits per heavy atom. The van der Waals surface area contributed by atoms with E-state index in [1.165, 1.54) is 39.5 Å². The maximum Gasteiger partial charge on any atom is 0.330 e. The second-order valence-electron chi connectivity index (χ2n) is 8.57. The minimum atomic E-state index is -3.58. The summed E-state index contributed by atoms with van der Waals surface area (Å²) in [6, 6.07) is 0. The van der Waals surface area contributed by atoms with Crippen LogP contribution in [0.5, 0.6) is 0 Å². The summed E-state index contributed by atoms with van der Waals surface area (Å²) >= 11 is 5.60. The zero-order chi connectivity index (χ0) is 29.9. The largest absolute Gasteiger partial charge is 0.465 e. The Kier molecular flexibility index (Phi) is 14.4. The van der Waals surface area contributed by atoms with Crippen LogP contribution in [0.25, 0.3) is 0 Å². The maximum absolute atomic E-state index is 13.1. The van der Waals surface area contributed by atoms with E-state index in [1.807, 2.05) is 13.2 Å². The van der Waals surface area contributed by atoms with Crippen LogP contribution < -0.4 is 11.2 Å². The van der Waals surface area contributed by atoms with Gasteiger partial charge in [-0.3, -0.25) is 23.9 Å². The Balaban J connectivity index is 2.29. The van der Waals surface area contributed by atoms with Crippen molar-refractivity contribution in [1.82, 2.24) is 9.55 Å². The number of aryl methyl sites for hydroxylation is 1. The molecule has 1 N–H and O–H groups in total. The molecule has 4 atom stereocenters. The van der Waals surface area contributed by atoms with Crippen LogP contribution >= 0.6 is 28.3 Å². The van der Waals surface area contributed by atoms with E-state index >= 15 is 0 Å². The van der Waals surface area contributed by atoms with E-state index in [-0.39, 0.29) is 32.2 Å². The molecule has 1 aromatic heterocycles. The molecule has 0 amide bonds. The summed E-state index contributed by atoms with van der Waals surface area (Å²) in [5, 5.41) is 0. The Morgan fingerprint density at radius 1 is 1.20 bits per heavy atom. The lowest BCUT2D eigenvalue weighted by atomic mass is 9.90. The third kappa shape index (κ3) is 8.88. The molecule has 0 aromatic carbocycles. The first-order valence-corrected chi connectivity index (χ1v) is 17.8. The first-order chi connectivity index (χ1) is 19.0. The van der Waals surface area contributed by atoms with Crippen molar-refractivity contribution in [3.63, 3.8) is 0 Å². The molecule has 0 aliphatic carbocycles. The van der Waals surface area contributed by atoms with Crippen LogP contribution in [0, 0.1) is 12.3 Å². The molecule has 228 valence electrons. The van der Waals surface area contributed by atoms with Gasteiger partial charge in [0, 0.05) is 25.3 Å². The molecule has 1 aliphatic heterocycles. The summed E-state index contributed by atoms with van der Waals surface area (Å²) in [6.45, 7) is 2.16. The number of aromatic nitrogens is 2.